The van der Waals surface area contributed by atoms with Crippen LogP contribution in [0, 0.1) is 0 Å². The second-order valence-electron chi connectivity index (χ2n) is 6.58. The van der Waals surface area contributed by atoms with Crippen molar-refractivity contribution in [3.05, 3.63) is 52.2 Å². The van der Waals surface area contributed by atoms with Crippen LogP contribution in [0.4, 0.5) is 0 Å². The fraction of sp³-hybridized carbons (Fsp3) is 0.450. The molecule has 1 aromatic heterocycles. The number of hydrogen-bond donors (Lipinski definition) is 2. The van der Waals surface area contributed by atoms with Gasteiger partial charge >= 0.3 is 0 Å². The summed E-state index contributed by atoms with van der Waals surface area (Å²) in [6.45, 7) is 7.09. The van der Waals surface area contributed by atoms with Crippen LogP contribution in [0.25, 0.3) is 0 Å². The van der Waals surface area contributed by atoms with Gasteiger partial charge in [-0.15, -0.1) is 11.3 Å². The van der Waals surface area contributed by atoms with Crippen LogP contribution in [-0.4, -0.2) is 39.8 Å². The second kappa shape index (κ2) is 10.2. The zero-order valence-electron chi connectivity index (χ0n) is 16.0. The molecule has 0 aliphatic carbocycles. The lowest BCUT2D eigenvalue weighted by Crippen LogP contribution is -2.44. The molecule has 0 saturated heterocycles. The summed E-state index contributed by atoms with van der Waals surface area (Å²) in [5, 5.41) is 8.80. The van der Waals surface area contributed by atoms with Gasteiger partial charge in [-0.3, -0.25) is 4.99 Å². The van der Waals surface area contributed by atoms with Crippen molar-refractivity contribution in [3.63, 3.8) is 0 Å². The highest BCUT2D eigenvalue weighted by molar-refractivity contribution is 7.10. The largest absolute Gasteiger partial charge is 0.496 e. The molecular formula is C20H29N3O2S. The number of para-hydroxylation sites is 1. The van der Waals surface area contributed by atoms with Gasteiger partial charge in [-0.2, -0.15) is 0 Å². The van der Waals surface area contributed by atoms with E-state index >= 15 is 0 Å². The highest BCUT2D eigenvalue weighted by Crippen LogP contribution is 2.26. The summed E-state index contributed by atoms with van der Waals surface area (Å²) >= 11 is 1.78. The molecule has 0 fully saturated rings. The Balaban J connectivity index is 1.69. The number of rotatable bonds is 9. The Hall–Kier alpha value is -2.05. The molecule has 5 nitrogen and oxygen atoms in total. The first-order valence-electron chi connectivity index (χ1n) is 8.75. The van der Waals surface area contributed by atoms with E-state index in [1.165, 1.54) is 4.88 Å². The van der Waals surface area contributed by atoms with Gasteiger partial charge in [-0.05, 0) is 17.5 Å². The van der Waals surface area contributed by atoms with E-state index in [-0.39, 0.29) is 5.41 Å². The average Bonchev–Trinajstić information content (AvgIpc) is 3.20. The summed E-state index contributed by atoms with van der Waals surface area (Å²) in [6.07, 6.45) is 0. The normalized spacial score (nSPS) is 12.1. The molecule has 0 spiro atoms. The summed E-state index contributed by atoms with van der Waals surface area (Å²) in [5.41, 5.74) is 1.11. The van der Waals surface area contributed by atoms with Crippen molar-refractivity contribution >= 4 is 17.3 Å². The molecule has 0 unspecified atom stereocenters. The van der Waals surface area contributed by atoms with Crippen LogP contribution in [-0.2, 0) is 16.8 Å². The smallest absolute Gasteiger partial charge is 0.191 e. The van der Waals surface area contributed by atoms with Crippen molar-refractivity contribution in [1.29, 1.82) is 0 Å². The SMILES string of the molecule is CN=C(NCCOCc1ccccc1OC)NCC(C)(C)c1cccs1. The summed E-state index contributed by atoms with van der Waals surface area (Å²) in [7, 11) is 3.46. The van der Waals surface area contributed by atoms with Gasteiger partial charge < -0.3 is 20.1 Å². The zero-order chi connectivity index (χ0) is 18.8. The van der Waals surface area contributed by atoms with Crippen LogP contribution >= 0.6 is 11.3 Å². The Morgan fingerprint density at radius 1 is 1.15 bits per heavy atom. The number of benzene rings is 1. The van der Waals surface area contributed by atoms with Gasteiger partial charge in [0, 0.05) is 36.0 Å². The molecule has 0 radical (unpaired) electrons. The maximum atomic E-state index is 5.74. The Labute approximate surface area is 160 Å². The fourth-order valence-corrected chi connectivity index (χ4v) is 3.37. The lowest BCUT2D eigenvalue weighted by molar-refractivity contribution is 0.123. The minimum Gasteiger partial charge on any atom is -0.496 e. The minimum atomic E-state index is 0.0617. The number of methoxy groups -OCH3 is 1. The van der Waals surface area contributed by atoms with Crippen LogP contribution < -0.4 is 15.4 Å². The summed E-state index contributed by atoms with van der Waals surface area (Å²) < 4.78 is 11.1. The molecule has 0 bridgehead atoms. The van der Waals surface area contributed by atoms with Crippen LogP contribution in [0.15, 0.2) is 46.8 Å². The molecule has 2 aromatic rings. The van der Waals surface area contributed by atoms with Gasteiger partial charge in [0.05, 0.1) is 20.3 Å². The summed E-state index contributed by atoms with van der Waals surface area (Å²) in [6, 6.07) is 12.2. The topological polar surface area (TPSA) is 54.9 Å². The van der Waals surface area contributed by atoms with Gasteiger partial charge in [0.25, 0.3) is 0 Å². The highest BCUT2D eigenvalue weighted by atomic mass is 32.1. The van der Waals surface area contributed by atoms with E-state index in [0.717, 1.165) is 23.8 Å². The standard InChI is InChI=1S/C20H29N3O2S/c1-20(2,18-10-7-13-26-18)15-23-19(21-3)22-11-12-25-14-16-8-5-6-9-17(16)24-4/h5-10,13H,11-12,14-15H2,1-4H3,(H2,21,22,23). The van der Waals surface area contributed by atoms with Crippen LogP contribution in [0.5, 0.6) is 5.75 Å². The van der Waals surface area contributed by atoms with Gasteiger partial charge in [0.15, 0.2) is 5.96 Å². The molecule has 1 aromatic carbocycles. The van der Waals surface area contributed by atoms with E-state index in [0.29, 0.717) is 19.8 Å². The predicted molar refractivity (Wildman–Crippen MR) is 109 cm³/mol. The predicted octanol–water partition coefficient (Wildman–Crippen LogP) is 3.42. The Bertz CT molecular complexity index is 684. The summed E-state index contributed by atoms with van der Waals surface area (Å²) in [5.74, 6) is 1.64. The van der Waals surface area contributed by atoms with Crippen molar-refractivity contribution in [3.8, 4) is 5.75 Å². The first kappa shape index (κ1) is 20.3. The fourth-order valence-electron chi connectivity index (χ4n) is 2.52. The lowest BCUT2D eigenvalue weighted by Gasteiger charge is -2.25. The maximum absolute atomic E-state index is 5.74. The number of ether oxygens (including phenoxy) is 2. The third-order valence-electron chi connectivity index (χ3n) is 4.10. The van der Waals surface area contributed by atoms with Gasteiger partial charge in [0.1, 0.15) is 5.75 Å². The van der Waals surface area contributed by atoms with Crippen LogP contribution in [0.2, 0.25) is 0 Å². The third kappa shape index (κ3) is 6.04. The molecule has 6 heteroatoms. The van der Waals surface area contributed by atoms with E-state index in [1.807, 2.05) is 24.3 Å². The maximum Gasteiger partial charge on any atom is 0.191 e. The minimum absolute atomic E-state index is 0.0617. The van der Waals surface area contributed by atoms with Crippen LogP contribution in [0.1, 0.15) is 24.3 Å². The van der Waals surface area contributed by atoms with Crippen LogP contribution in [0.3, 0.4) is 0 Å². The molecule has 26 heavy (non-hydrogen) atoms. The summed E-state index contributed by atoms with van der Waals surface area (Å²) in [4.78, 5) is 5.64. The number of guanidine groups is 1. The molecule has 0 amide bonds. The first-order valence-corrected chi connectivity index (χ1v) is 9.63. The Morgan fingerprint density at radius 3 is 2.65 bits per heavy atom. The second-order valence-corrected chi connectivity index (χ2v) is 7.53. The average molecular weight is 376 g/mol. The highest BCUT2D eigenvalue weighted by Gasteiger charge is 2.21. The first-order chi connectivity index (χ1) is 12.6. The van der Waals surface area contributed by atoms with Crippen molar-refractivity contribution in [2.75, 3.05) is 33.9 Å². The van der Waals surface area contributed by atoms with E-state index < -0.39 is 0 Å². The van der Waals surface area contributed by atoms with E-state index in [4.69, 9.17) is 9.47 Å². The van der Waals surface area contributed by atoms with Gasteiger partial charge in [0.2, 0.25) is 0 Å². The van der Waals surface area contributed by atoms with E-state index in [9.17, 15) is 0 Å². The molecule has 0 atom stereocenters. The molecule has 2 rings (SSSR count). The van der Waals surface area contributed by atoms with Crippen molar-refractivity contribution in [2.45, 2.75) is 25.9 Å². The number of nitrogens with zero attached hydrogens (tertiary/aromatic N) is 1. The Kier molecular flexibility index (Phi) is 7.94. The Morgan fingerprint density at radius 2 is 1.96 bits per heavy atom. The molecule has 2 N–H and O–H groups in total. The number of hydrogen-bond acceptors (Lipinski definition) is 4. The molecule has 0 saturated carbocycles. The monoisotopic (exact) mass is 375 g/mol. The molecule has 0 aliphatic rings. The van der Waals surface area contributed by atoms with E-state index in [2.05, 4.69) is 47.0 Å². The van der Waals surface area contributed by atoms with Crippen molar-refractivity contribution in [2.24, 2.45) is 4.99 Å². The lowest BCUT2D eigenvalue weighted by atomic mass is 9.91. The molecule has 142 valence electrons. The molecule has 0 aliphatic heterocycles. The number of aliphatic imine (C=N–C) groups is 1. The molecule has 1 heterocycles. The van der Waals surface area contributed by atoms with Gasteiger partial charge in [-0.1, -0.05) is 38.1 Å². The quantitative estimate of drug-likeness (QED) is 0.401. The van der Waals surface area contributed by atoms with Gasteiger partial charge in [-0.25, -0.2) is 0 Å². The van der Waals surface area contributed by atoms with Crippen molar-refractivity contribution < 1.29 is 9.47 Å². The zero-order valence-corrected chi connectivity index (χ0v) is 16.9. The molecular weight excluding hydrogens is 346 g/mol. The van der Waals surface area contributed by atoms with E-state index in [1.54, 1.807) is 25.5 Å². The third-order valence-corrected chi connectivity index (χ3v) is 5.33. The number of nitrogens with one attached hydrogen (secondary N) is 2. The number of thiophene rings is 1. The van der Waals surface area contributed by atoms with Crippen molar-refractivity contribution in [1.82, 2.24) is 10.6 Å².